The van der Waals surface area contributed by atoms with Crippen LogP contribution in [-0.2, 0) is 12.0 Å². The van der Waals surface area contributed by atoms with Gasteiger partial charge < -0.3 is 15.0 Å². The molecule has 4 heteroatoms. The molecule has 0 atom stereocenters. The summed E-state index contributed by atoms with van der Waals surface area (Å²) in [6.07, 6.45) is 2.00. The standard InChI is InChI=1S/C16H25N3O/c1-5-16(6-2,11-17)15-18-13-10-12(20-4)8-9-14(13)19(15)7-3/h8-10H,5-7,11,17H2,1-4H3. The van der Waals surface area contributed by atoms with E-state index in [1.54, 1.807) is 7.11 Å². The van der Waals surface area contributed by atoms with Crippen molar-refractivity contribution in [1.29, 1.82) is 0 Å². The van der Waals surface area contributed by atoms with E-state index < -0.39 is 0 Å². The number of hydrogen-bond donors (Lipinski definition) is 1. The number of methoxy groups -OCH3 is 1. The van der Waals surface area contributed by atoms with Crippen LogP contribution in [0.1, 0.15) is 39.4 Å². The number of benzene rings is 1. The molecule has 2 aromatic rings. The third-order valence-corrected chi connectivity index (χ3v) is 4.49. The van der Waals surface area contributed by atoms with Crippen LogP contribution in [0.3, 0.4) is 0 Å². The summed E-state index contributed by atoms with van der Waals surface area (Å²) in [4.78, 5) is 4.88. The average Bonchev–Trinajstić information content (AvgIpc) is 2.87. The Kier molecular flexibility index (Phi) is 4.33. The van der Waals surface area contributed by atoms with E-state index >= 15 is 0 Å². The molecule has 0 aliphatic heterocycles. The Labute approximate surface area is 120 Å². The van der Waals surface area contributed by atoms with Crippen LogP contribution < -0.4 is 10.5 Å². The van der Waals surface area contributed by atoms with Gasteiger partial charge in [0.2, 0.25) is 0 Å². The molecule has 1 heterocycles. The van der Waals surface area contributed by atoms with Crippen LogP contribution in [-0.4, -0.2) is 23.2 Å². The van der Waals surface area contributed by atoms with E-state index in [0.29, 0.717) is 6.54 Å². The van der Waals surface area contributed by atoms with Gasteiger partial charge in [0.1, 0.15) is 11.6 Å². The second-order valence-corrected chi connectivity index (χ2v) is 5.23. The molecule has 0 amide bonds. The monoisotopic (exact) mass is 275 g/mol. The molecule has 4 nitrogen and oxygen atoms in total. The Hall–Kier alpha value is -1.55. The van der Waals surface area contributed by atoms with E-state index in [9.17, 15) is 0 Å². The lowest BCUT2D eigenvalue weighted by Crippen LogP contribution is -2.36. The molecule has 0 unspecified atom stereocenters. The minimum Gasteiger partial charge on any atom is -0.497 e. The first-order chi connectivity index (χ1) is 9.65. The summed E-state index contributed by atoms with van der Waals surface area (Å²) in [5.41, 5.74) is 8.19. The van der Waals surface area contributed by atoms with Crippen LogP contribution in [0.15, 0.2) is 18.2 Å². The minimum absolute atomic E-state index is 0.0394. The van der Waals surface area contributed by atoms with Crippen LogP contribution in [0.25, 0.3) is 11.0 Å². The number of nitrogens with zero attached hydrogens (tertiary/aromatic N) is 2. The lowest BCUT2D eigenvalue weighted by molar-refractivity contribution is 0.369. The van der Waals surface area contributed by atoms with Crippen molar-refractivity contribution in [2.75, 3.05) is 13.7 Å². The first-order valence-electron chi connectivity index (χ1n) is 7.40. The maximum Gasteiger partial charge on any atom is 0.121 e. The van der Waals surface area contributed by atoms with Gasteiger partial charge in [-0.05, 0) is 31.9 Å². The predicted octanol–water partition coefficient (Wildman–Crippen LogP) is 3.08. The first kappa shape index (κ1) is 14.9. The van der Waals surface area contributed by atoms with Crippen molar-refractivity contribution in [3.63, 3.8) is 0 Å². The Balaban J connectivity index is 2.69. The molecule has 0 spiro atoms. The highest BCUT2D eigenvalue weighted by atomic mass is 16.5. The van der Waals surface area contributed by atoms with Crippen molar-refractivity contribution >= 4 is 11.0 Å². The van der Waals surface area contributed by atoms with Crippen LogP contribution >= 0.6 is 0 Å². The quantitative estimate of drug-likeness (QED) is 0.881. The molecule has 0 bridgehead atoms. The highest BCUT2D eigenvalue weighted by Gasteiger charge is 2.32. The molecule has 1 aromatic heterocycles. The van der Waals surface area contributed by atoms with E-state index in [0.717, 1.165) is 42.0 Å². The summed E-state index contributed by atoms with van der Waals surface area (Å²) in [6, 6.07) is 6.07. The highest BCUT2D eigenvalue weighted by Crippen LogP contribution is 2.33. The second kappa shape index (κ2) is 5.83. The van der Waals surface area contributed by atoms with Gasteiger partial charge in [-0.15, -0.1) is 0 Å². The Morgan fingerprint density at radius 1 is 1.25 bits per heavy atom. The number of aromatic nitrogens is 2. The van der Waals surface area contributed by atoms with Gasteiger partial charge in [-0.1, -0.05) is 13.8 Å². The molecule has 2 rings (SSSR count). The normalized spacial score (nSPS) is 12.1. The van der Waals surface area contributed by atoms with E-state index in [-0.39, 0.29) is 5.41 Å². The van der Waals surface area contributed by atoms with Gasteiger partial charge in [0.15, 0.2) is 0 Å². The van der Waals surface area contributed by atoms with E-state index in [1.165, 1.54) is 0 Å². The van der Waals surface area contributed by atoms with Gasteiger partial charge in [0.25, 0.3) is 0 Å². The van der Waals surface area contributed by atoms with Crippen molar-refractivity contribution in [2.24, 2.45) is 5.73 Å². The maximum absolute atomic E-state index is 6.08. The van der Waals surface area contributed by atoms with Crippen LogP contribution in [0.5, 0.6) is 5.75 Å². The van der Waals surface area contributed by atoms with Crippen LogP contribution in [0.4, 0.5) is 0 Å². The lowest BCUT2D eigenvalue weighted by Gasteiger charge is -2.30. The third kappa shape index (κ3) is 2.18. The summed E-state index contributed by atoms with van der Waals surface area (Å²) in [5.74, 6) is 1.95. The van der Waals surface area contributed by atoms with Gasteiger partial charge >= 0.3 is 0 Å². The molecule has 20 heavy (non-hydrogen) atoms. The fourth-order valence-corrected chi connectivity index (χ4v) is 2.91. The zero-order chi connectivity index (χ0) is 14.8. The Bertz CT molecular complexity index is 576. The molecule has 1 aromatic carbocycles. The molecule has 0 aliphatic carbocycles. The SMILES string of the molecule is CCn1c(C(CC)(CC)CN)nc2cc(OC)ccc21. The smallest absolute Gasteiger partial charge is 0.121 e. The van der Waals surface area contributed by atoms with E-state index in [2.05, 4.69) is 31.4 Å². The van der Waals surface area contributed by atoms with Gasteiger partial charge in [-0.25, -0.2) is 4.98 Å². The zero-order valence-electron chi connectivity index (χ0n) is 12.9. The Morgan fingerprint density at radius 3 is 2.45 bits per heavy atom. The molecule has 0 radical (unpaired) electrons. The summed E-state index contributed by atoms with van der Waals surface area (Å²) in [7, 11) is 1.68. The molecule has 0 fully saturated rings. The molecular formula is C16H25N3O. The maximum atomic E-state index is 6.08. The molecular weight excluding hydrogens is 250 g/mol. The van der Waals surface area contributed by atoms with Crippen LogP contribution in [0, 0.1) is 0 Å². The highest BCUT2D eigenvalue weighted by molar-refractivity contribution is 5.78. The lowest BCUT2D eigenvalue weighted by atomic mass is 9.81. The number of hydrogen-bond acceptors (Lipinski definition) is 3. The van der Waals surface area contributed by atoms with Crippen molar-refractivity contribution in [2.45, 2.75) is 45.6 Å². The average molecular weight is 275 g/mol. The van der Waals surface area contributed by atoms with Gasteiger partial charge in [-0.2, -0.15) is 0 Å². The number of nitrogens with two attached hydrogens (primary N) is 1. The summed E-state index contributed by atoms with van der Waals surface area (Å²) in [5, 5.41) is 0. The summed E-state index contributed by atoms with van der Waals surface area (Å²) in [6.45, 7) is 8.06. The molecule has 2 N–H and O–H groups in total. The summed E-state index contributed by atoms with van der Waals surface area (Å²) >= 11 is 0. The number of ether oxygens (including phenoxy) is 1. The Morgan fingerprint density at radius 2 is 1.95 bits per heavy atom. The first-order valence-corrected chi connectivity index (χ1v) is 7.40. The van der Waals surface area contributed by atoms with E-state index in [4.69, 9.17) is 15.5 Å². The fourth-order valence-electron chi connectivity index (χ4n) is 2.91. The van der Waals surface area contributed by atoms with Gasteiger partial charge in [0.05, 0.1) is 18.1 Å². The van der Waals surface area contributed by atoms with E-state index in [1.807, 2.05) is 12.1 Å². The summed E-state index contributed by atoms with van der Waals surface area (Å²) < 4.78 is 7.58. The number of rotatable bonds is 6. The second-order valence-electron chi connectivity index (χ2n) is 5.23. The number of fused-ring (bicyclic) bond motifs is 1. The largest absolute Gasteiger partial charge is 0.497 e. The predicted molar refractivity (Wildman–Crippen MR) is 83.3 cm³/mol. The third-order valence-electron chi connectivity index (χ3n) is 4.49. The number of aryl methyl sites for hydroxylation is 1. The number of imidazole rings is 1. The van der Waals surface area contributed by atoms with Crippen molar-refractivity contribution < 1.29 is 4.74 Å². The van der Waals surface area contributed by atoms with Gasteiger partial charge in [0, 0.05) is 24.6 Å². The van der Waals surface area contributed by atoms with Crippen molar-refractivity contribution in [1.82, 2.24) is 9.55 Å². The van der Waals surface area contributed by atoms with Crippen molar-refractivity contribution in [3.05, 3.63) is 24.0 Å². The van der Waals surface area contributed by atoms with Crippen molar-refractivity contribution in [3.8, 4) is 5.75 Å². The molecule has 0 saturated heterocycles. The van der Waals surface area contributed by atoms with Gasteiger partial charge in [-0.3, -0.25) is 0 Å². The minimum atomic E-state index is -0.0394. The molecule has 0 aliphatic rings. The topological polar surface area (TPSA) is 53.1 Å². The van der Waals surface area contributed by atoms with Crippen LogP contribution in [0.2, 0.25) is 0 Å². The molecule has 110 valence electrons. The fraction of sp³-hybridized carbons (Fsp3) is 0.562. The zero-order valence-corrected chi connectivity index (χ0v) is 12.9. The molecule has 0 saturated carbocycles.